The Kier molecular flexibility index (Phi) is 4.97. The van der Waals surface area contributed by atoms with E-state index in [-0.39, 0.29) is 12.1 Å². The van der Waals surface area contributed by atoms with Crippen molar-refractivity contribution in [1.82, 2.24) is 19.8 Å². The Morgan fingerprint density at radius 2 is 1.80 bits per heavy atom. The van der Waals surface area contributed by atoms with Gasteiger partial charge in [0.2, 0.25) is 0 Å². The first-order chi connectivity index (χ1) is 14.8. The summed E-state index contributed by atoms with van der Waals surface area (Å²) < 4.78 is 2.28. The van der Waals surface area contributed by atoms with Crippen LogP contribution in [-0.4, -0.2) is 26.1 Å². The summed E-state index contributed by atoms with van der Waals surface area (Å²) in [7, 11) is 0. The first-order valence-corrected chi connectivity index (χ1v) is 10.8. The van der Waals surface area contributed by atoms with Crippen LogP contribution in [0.15, 0.2) is 85.2 Å². The summed E-state index contributed by atoms with van der Waals surface area (Å²) in [6, 6.07) is 25.6. The molecule has 0 saturated carbocycles. The van der Waals surface area contributed by atoms with Crippen molar-refractivity contribution in [3.63, 3.8) is 0 Å². The molecule has 30 heavy (non-hydrogen) atoms. The second-order valence-electron chi connectivity index (χ2n) is 7.65. The number of fused-ring (bicyclic) bond motifs is 1. The van der Waals surface area contributed by atoms with E-state index in [1.165, 1.54) is 16.5 Å². The van der Waals surface area contributed by atoms with E-state index in [1.807, 2.05) is 18.3 Å². The second-order valence-corrected chi connectivity index (χ2v) is 8.04. The van der Waals surface area contributed by atoms with Gasteiger partial charge in [-0.05, 0) is 65.8 Å². The number of hydrogen-bond acceptors (Lipinski definition) is 2. The third-order valence-electron chi connectivity index (χ3n) is 5.76. The number of nitrogens with one attached hydrogen (secondary N) is 1. The van der Waals surface area contributed by atoms with Crippen LogP contribution in [0.1, 0.15) is 36.8 Å². The Balaban J connectivity index is 1.62. The van der Waals surface area contributed by atoms with E-state index in [0.717, 1.165) is 29.5 Å². The third kappa shape index (κ3) is 3.25. The average molecular weight is 413 g/mol. The van der Waals surface area contributed by atoms with Crippen molar-refractivity contribution in [2.45, 2.75) is 25.4 Å². The highest BCUT2D eigenvalue weighted by atomic mass is 32.1. The average Bonchev–Trinajstić information content (AvgIpc) is 3.39. The number of hydrogen-bond donors (Lipinski definition) is 1. The van der Waals surface area contributed by atoms with Crippen LogP contribution < -0.4 is 5.32 Å². The molecule has 4 nitrogen and oxygen atoms in total. The highest BCUT2D eigenvalue weighted by molar-refractivity contribution is 7.80. The maximum absolute atomic E-state index is 5.73. The first-order valence-electron chi connectivity index (χ1n) is 10.4. The molecule has 1 aliphatic rings. The maximum Gasteiger partial charge on any atom is 0.170 e. The van der Waals surface area contributed by atoms with Gasteiger partial charge in [-0.1, -0.05) is 43.3 Å². The Hall–Kier alpha value is -3.18. The smallest absolute Gasteiger partial charge is 0.170 e. The molecule has 2 aromatic heterocycles. The van der Waals surface area contributed by atoms with Crippen LogP contribution in [0, 0.1) is 0 Å². The maximum atomic E-state index is 5.73. The number of aromatic nitrogens is 2. The highest BCUT2D eigenvalue weighted by Gasteiger charge is 2.40. The summed E-state index contributed by atoms with van der Waals surface area (Å²) in [6.07, 6.45) is 5.02. The predicted octanol–water partition coefficient (Wildman–Crippen LogP) is 5.41. The lowest BCUT2D eigenvalue weighted by atomic mass is 10.0. The Bertz CT molecular complexity index is 1180. The molecule has 2 aromatic carbocycles. The first kappa shape index (κ1) is 18.8. The summed E-state index contributed by atoms with van der Waals surface area (Å²) >= 11 is 5.73. The lowest BCUT2D eigenvalue weighted by molar-refractivity contribution is 0.309. The fourth-order valence-electron chi connectivity index (χ4n) is 4.41. The van der Waals surface area contributed by atoms with E-state index in [4.69, 9.17) is 12.2 Å². The predicted molar refractivity (Wildman–Crippen MR) is 126 cm³/mol. The van der Waals surface area contributed by atoms with Gasteiger partial charge in [0.15, 0.2) is 5.11 Å². The van der Waals surface area contributed by atoms with Gasteiger partial charge >= 0.3 is 0 Å². The molecule has 5 heteroatoms. The van der Waals surface area contributed by atoms with Crippen molar-refractivity contribution >= 4 is 28.1 Å². The molecule has 1 fully saturated rings. The molecule has 0 unspecified atom stereocenters. The van der Waals surface area contributed by atoms with Crippen LogP contribution in [-0.2, 0) is 0 Å². The molecular weight excluding hydrogens is 388 g/mol. The lowest BCUT2D eigenvalue weighted by Crippen LogP contribution is -2.31. The van der Waals surface area contributed by atoms with E-state index in [9.17, 15) is 0 Å². The summed E-state index contributed by atoms with van der Waals surface area (Å²) in [5.41, 5.74) is 3.37. The zero-order chi connectivity index (χ0) is 20.5. The quantitative estimate of drug-likeness (QED) is 0.445. The molecule has 1 N–H and O–H groups in total. The number of pyridine rings is 1. The Labute approximate surface area is 182 Å². The lowest BCUT2D eigenvalue weighted by Gasteiger charge is -2.28. The molecule has 0 amide bonds. The molecular formula is C25H24N4S. The van der Waals surface area contributed by atoms with Gasteiger partial charge < -0.3 is 14.8 Å². The van der Waals surface area contributed by atoms with Crippen LogP contribution in [0.2, 0.25) is 0 Å². The summed E-state index contributed by atoms with van der Waals surface area (Å²) in [4.78, 5) is 6.94. The number of rotatable bonds is 5. The summed E-state index contributed by atoms with van der Waals surface area (Å²) in [5.74, 6) is 0. The SMILES string of the molecule is CCCN1C(=S)N[C@H](c2ccccn2)[C@@H]1c1cccn1-c1ccc2ccccc2c1. The van der Waals surface area contributed by atoms with E-state index in [1.54, 1.807) is 0 Å². The van der Waals surface area contributed by atoms with E-state index >= 15 is 0 Å². The molecule has 4 aromatic rings. The van der Waals surface area contributed by atoms with Gasteiger partial charge in [0.1, 0.15) is 0 Å². The molecule has 5 rings (SSSR count). The Morgan fingerprint density at radius 1 is 0.967 bits per heavy atom. The van der Waals surface area contributed by atoms with E-state index in [2.05, 4.69) is 93.6 Å². The largest absolute Gasteiger partial charge is 0.352 e. The molecule has 150 valence electrons. The number of benzene rings is 2. The Morgan fingerprint density at radius 3 is 2.60 bits per heavy atom. The van der Waals surface area contributed by atoms with Crippen LogP contribution in [0.4, 0.5) is 0 Å². The number of nitrogens with zero attached hydrogens (tertiary/aromatic N) is 3. The molecule has 0 aliphatic carbocycles. The van der Waals surface area contributed by atoms with Gasteiger partial charge in [0.05, 0.1) is 17.8 Å². The van der Waals surface area contributed by atoms with Crippen LogP contribution in [0.25, 0.3) is 16.5 Å². The zero-order valence-corrected chi connectivity index (χ0v) is 17.7. The highest BCUT2D eigenvalue weighted by Crippen LogP contribution is 2.39. The topological polar surface area (TPSA) is 33.1 Å². The van der Waals surface area contributed by atoms with E-state index in [0.29, 0.717) is 0 Å². The van der Waals surface area contributed by atoms with Crippen molar-refractivity contribution < 1.29 is 0 Å². The second kappa shape index (κ2) is 7.92. The minimum absolute atomic E-state index is 0.0133. The fraction of sp³-hybridized carbons (Fsp3) is 0.200. The standard InChI is InChI=1S/C25H24N4S/c1-2-15-29-24(23(27-25(29)30)21-10-5-6-14-26-21)22-11-7-16-28(22)20-13-12-18-8-3-4-9-19(18)17-20/h3-14,16-17,23-24H,2,15H2,1H3,(H,27,30)/t23-,24+/m1/s1. The van der Waals surface area contributed by atoms with Crippen molar-refractivity contribution in [2.24, 2.45) is 0 Å². The van der Waals surface area contributed by atoms with Gasteiger partial charge in [-0.25, -0.2) is 0 Å². The normalized spacial score (nSPS) is 18.7. The van der Waals surface area contributed by atoms with Gasteiger partial charge in [-0.2, -0.15) is 0 Å². The van der Waals surface area contributed by atoms with Crippen LogP contribution >= 0.6 is 12.2 Å². The van der Waals surface area contributed by atoms with Gasteiger partial charge in [0.25, 0.3) is 0 Å². The minimum Gasteiger partial charge on any atom is -0.352 e. The van der Waals surface area contributed by atoms with E-state index < -0.39 is 0 Å². The summed E-state index contributed by atoms with van der Waals surface area (Å²) in [6.45, 7) is 3.10. The molecule has 2 atom stereocenters. The van der Waals surface area contributed by atoms with Gasteiger partial charge in [-0.3, -0.25) is 4.98 Å². The third-order valence-corrected chi connectivity index (χ3v) is 6.11. The fourth-order valence-corrected chi connectivity index (χ4v) is 4.74. The van der Waals surface area contributed by atoms with Crippen LogP contribution in [0.3, 0.4) is 0 Å². The summed E-state index contributed by atoms with van der Waals surface area (Å²) in [5, 5.41) is 6.81. The molecule has 0 radical (unpaired) electrons. The number of thiocarbonyl (C=S) groups is 1. The minimum atomic E-state index is 0.0133. The van der Waals surface area contributed by atoms with Crippen LogP contribution in [0.5, 0.6) is 0 Å². The molecule has 1 saturated heterocycles. The van der Waals surface area contributed by atoms with Crippen molar-refractivity contribution in [1.29, 1.82) is 0 Å². The molecule has 1 aliphatic heterocycles. The monoisotopic (exact) mass is 412 g/mol. The molecule has 0 bridgehead atoms. The van der Waals surface area contributed by atoms with Crippen molar-refractivity contribution in [2.75, 3.05) is 6.54 Å². The van der Waals surface area contributed by atoms with Gasteiger partial charge in [-0.15, -0.1) is 0 Å². The van der Waals surface area contributed by atoms with Gasteiger partial charge in [0, 0.05) is 30.3 Å². The zero-order valence-electron chi connectivity index (χ0n) is 16.9. The van der Waals surface area contributed by atoms with Crippen molar-refractivity contribution in [3.05, 3.63) is 96.6 Å². The molecule has 0 spiro atoms. The van der Waals surface area contributed by atoms with Crippen molar-refractivity contribution in [3.8, 4) is 5.69 Å². The molecule has 3 heterocycles.